The van der Waals surface area contributed by atoms with E-state index in [-0.39, 0.29) is 5.56 Å². The molecular weight excluding hydrogens is 330 g/mol. The smallest absolute Gasteiger partial charge is 0.266 e. The van der Waals surface area contributed by atoms with Gasteiger partial charge in [0.05, 0.1) is 12.2 Å². The molecule has 0 radical (unpaired) electrons. The summed E-state index contributed by atoms with van der Waals surface area (Å²) in [6.45, 7) is 9.21. The van der Waals surface area contributed by atoms with Crippen LogP contribution in [0.4, 0.5) is 5.82 Å². The van der Waals surface area contributed by atoms with Crippen LogP contribution in [0.3, 0.4) is 0 Å². The number of anilines is 1. The number of nitrogens with zero attached hydrogens (tertiary/aromatic N) is 7. The molecule has 0 bridgehead atoms. The van der Waals surface area contributed by atoms with Gasteiger partial charge in [0.15, 0.2) is 5.65 Å². The molecule has 1 saturated heterocycles. The van der Waals surface area contributed by atoms with Crippen LogP contribution in [-0.2, 0) is 6.54 Å². The summed E-state index contributed by atoms with van der Waals surface area (Å²) >= 11 is 0. The molecule has 3 aromatic heterocycles. The van der Waals surface area contributed by atoms with Gasteiger partial charge in [-0.3, -0.25) is 9.69 Å². The van der Waals surface area contributed by atoms with E-state index < -0.39 is 0 Å². The fourth-order valence-electron chi connectivity index (χ4n) is 3.41. The molecule has 1 aliphatic rings. The van der Waals surface area contributed by atoms with Crippen LogP contribution in [0, 0.1) is 13.8 Å². The fraction of sp³-hybridized carbons (Fsp3) is 0.444. The van der Waals surface area contributed by atoms with E-state index in [1.165, 1.54) is 4.68 Å². The maximum atomic E-state index is 11.7. The molecular formula is C18H23N7O. The van der Waals surface area contributed by atoms with E-state index in [9.17, 15) is 4.79 Å². The third-order valence-corrected chi connectivity index (χ3v) is 4.77. The first-order valence-electron chi connectivity index (χ1n) is 8.93. The molecule has 0 atom stereocenters. The number of fused-ring (bicyclic) bond motifs is 1. The van der Waals surface area contributed by atoms with Gasteiger partial charge in [0.2, 0.25) is 0 Å². The molecule has 26 heavy (non-hydrogen) atoms. The number of rotatable bonds is 4. The lowest BCUT2D eigenvalue weighted by molar-refractivity contribution is 0.242. The molecule has 0 N–H and O–H groups in total. The van der Waals surface area contributed by atoms with Crippen molar-refractivity contribution < 1.29 is 0 Å². The summed E-state index contributed by atoms with van der Waals surface area (Å²) in [5, 5.41) is 8.71. The van der Waals surface area contributed by atoms with Gasteiger partial charge in [-0.25, -0.2) is 9.67 Å². The van der Waals surface area contributed by atoms with Gasteiger partial charge in [-0.05, 0) is 19.9 Å². The first-order valence-corrected chi connectivity index (χ1v) is 8.93. The van der Waals surface area contributed by atoms with Crippen molar-refractivity contribution in [1.82, 2.24) is 29.3 Å². The average Bonchev–Trinajstić information content (AvgIpc) is 3.01. The predicted octanol–water partition coefficient (Wildman–Crippen LogP) is 0.725. The van der Waals surface area contributed by atoms with Crippen molar-refractivity contribution in [3.05, 3.63) is 52.2 Å². The number of hydrogen-bond donors (Lipinski definition) is 0. The van der Waals surface area contributed by atoms with Crippen LogP contribution in [-0.4, -0.2) is 62.0 Å². The zero-order valence-corrected chi connectivity index (χ0v) is 15.2. The maximum absolute atomic E-state index is 11.7. The Balaban J connectivity index is 1.42. The van der Waals surface area contributed by atoms with E-state index in [4.69, 9.17) is 0 Å². The highest BCUT2D eigenvalue weighted by molar-refractivity contribution is 5.52. The normalized spacial score (nSPS) is 15.7. The van der Waals surface area contributed by atoms with Crippen LogP contribution in [0.15, 0.2) is 35.3 Å². The van der Waals surface area contributed by atoms with Crippen molar-refractivity contribution >= 4 is 11.5 Å². The monoisotopic (exact) mass is 353 g/mol. The number of piperazine rings is 1. The Morgan fingerprint density at radius 3 is 2.62 bits per heavy atom. The van der Waals surface area contributed by atoms with Crippen LogP contribution in [0.2, 0.25) is 0 Å². The molecule has 0 spiro atoms. The third kappa shape index (κ3) is 3.32. The Morgan fingerprint density at radius 2 is 1.85 bits per heavy atom. The molecule has 8 heteroatoms. The summed E-state index contributed by atoms with van der Waals surface area (Å²) in [6, 6.07) is 7.33. The molecule has 0 unspecified atom stereocenters. The van der Waals surface area contributed by atoms with Gasteiger partial charge in [0, 0.05) is 62.8 Å². The Kier molecular flexibility index (Phi) is 4.42. The van der Waals surface area contributed by atoms with E-state index in [0.29, 0.717) is 6.54 Å². The fourth-order valence-corrected chi connectivity index (χ4v) is 3.41. The minimum Gasteiger partial charge on any atom is -0.354 e. The highest BCUT2D eigenvalue weighted by Gasteiger charge is 2.20. The largest absolute Gasteiger partial charge is 0.354 e. The van der Waals surface area contributed by atoms with Gasteiger partial charge < -0.3 is 4.90 Å². The van der Waals surface area contributed by atoms with E-state index in [0.717, 1.165) is 55.6 Å². The van der Waals surface area contributed by atoms with Crippen molar-refractivity contribution in [3.8, 4) is 0 Å². The van der Waals surface area contributed by atoms with Crippen molar-refractivity contribution in [2.45, 2.75) is 20.4 Å². The molecule has 1 aliphatic heterocycles. The quantitative estimate of drug-likeness (QED) is 0.688. The zero-order valence-electron chi connectivity index (χ0n) is 15.2. The van der Waals surface area contributed by atoms with Gasteiger partial charge in [0.1, 0.15) is 5.82 Å². The van der Waals surface area contributed by atoms with Gasteiger partial charge in [-0.2, -0.15) is 14.7 Å². The van der Waals surface area contributed by atoms with Crippen LogP contribution in [0.1, 0.15) is 11.4 Å². The maximum Gasteiger partial charge on any atom is 0.266 e. The highest BCUT2D eigenvalue weighted by Crippen LogP contribution is 2.19. The summed E-state index contributed by atoms with van der Waals surface area (Å²) in [4.78, 5) is 21.0. The first kappa shape index (κ1) is 16.7. The summed E-state index contributed by atoms with van der Waals surface area (Å²) in [6.07, 6.45) is 1.66. The first-order chi connectivity index (χ1) is 12.6. The number of aryl methyl sites for hydroxylation is 2. The Morgan fingerprint density at radius 1 is 1.04 bits per heavy atom. The van der Waals surface area contributed by atoms with E-state index in [2.05, 4.69) is 31.0 Å². The Labute approximate surface area is 151 Å². The second kappa shape index (κ2) is 6.87. The van der Waals surface area contributed by atoms with Crippen molar-refractivity contribution in [2.75, 3.05) is 37.6 Å². The van der Waals surface area contributed by atoms with Crippen LogP contribution in [0.25, 0.3) is 5.65 Å². The molecule has 4 heterocycles. The third-order valence-electron chi connectivity index (χ3n) is 4.77. The number of aromatic nitrogens is 5. The molecule has 0 aromatic carbocycles. The minimum atomic E-state index is -0.0464. The SMILES string of the molecule is Cc1cc(N2CCN(CCn3ncccc3=O)CC2)n2nc(C)cc2n1. The zero-order chi connectivity index (χ0) is 18.1. The lowest BCUT2D eigenvalue weighted by Gasteiger charge is -2.36. The van der Waals surface area contributed by atoms with E-state index in [1.54, 1.807) is 18.3 Å². The van der Waals surface area contributed by atoms with Gasteiger partial charge in [-0.15, -0.1) is 0 Å². The van der Waals surface area contributed by atoms with Crippen molar-refractivity contribution in [2.24, 2.45) is 0 Å². The standard InChI is InChI=1S/C18H23N7O/c1-14-13-17(25-16(20-14)12-15(2)21-25)23-9-6-22(7-10-23)8-11-24-18(26)4-3-5-19-24/h3-5,12-13H,6-11H2,1-2H3. The molecule has 8 nitrogen and oxygen atoms in total. The Hall–Kier alpha value is -2.74. The molecule has 0 amide bonds. The summed E-state index contributed by atoms with van der Waals surface area (Å²) in [5.74, 6) is 1.10. The average molecular weight is 353 g/mol. The summed E-state index contributed by atoms with van der Waals surface area (Å²) < 4.78 is 3.46. The predicted molar refractivity (Wildman–Crippen MR) is 99.6 cm³/mol. The van der Waals surface area contributed by atoms with Gasteiger partial charge in [0.25, 0.3) is 5.56 Å². The summed E-state index contributed by atoms with van der Waals surface area (Å²) in [5.41, 5.74) is 2.83. The lowest BCUT2D eigenvalue weighted by atomic mass is 10.3. The lowest BCUT2D eigenvalue weighted by Crippen LogP contribution is -2.48. The molecule has 4 rings (SSSR count). The summed E-state index contributed by atoms with van der Waals surface area (Å²) in [7, 11) is 0. The topological polar surface area (TPSA) is 71.6 Å². The van der Waals surface area contributed by atoms with Gasteiger partial charge in [-0.1, -0.05) is 0 Å². The minimum absolute atomic E-state index is 0.0464. The van der Waals surface area contributed by atoms with Gasteiger partial charge >= 0.3 is 0 Å². The van der Waals surface area contributed by atoms with Crippen LogP contribution >= 0.6 is 0 Å². The molecule has 136 valence electrons. The number of hydrogen-bond acceptors (Lipinski definition) is 6. The Bertz CT molecular complexity index is 969. The van der Waals surface area contributed by atoms with Crippen LogP contribution < -0.4 is 10.5 Å². The highest BCUT2D eigenvalue weighted by atomic mass is 16.1. The molecule has 0 saturated carbocycles. The molecule has 0 aliphatic carbocycles. The van der Waals surface area contributed by atoms with E-state index >= 15 is 0 Å². The second-order valence-corrected chi connectivity index (χ2v) is 6.73. The van der Waals surface area contributed by atoms with Crippen molar-refractivity contribution in [1.29, 1.82) is 0 Å². The van der Waals surface area contributed by atoms with Crippen LogP contribution in [0.5, 0.6) is 0 Å². The second-order valence-electron chi connectivity index (χ2n) is 6.73. The molecule has 3 aromatic rings. The molecule has 1 fully saturated rings. The van der Waals surface area contributed by atoms with E-state index in [1.807, 2.05) is 24.4 Å². The van der Waals surface area contributed by atoms with Crippen molar-refractivity contribution in [3.63, 3.8) is 0 Å².